The van der Waals surface area contributed by atoms with E-state index in [4.69, 9.17) is 4.74 Å². The first-order chi connectivity index (χ1) is 13.3. The highest BCUT2D eigenvalue weighted by Crippen LogP contribution is 3.07. The van der Waals surface area contributed by atoms with E-state index in [9.17, 15) is 9.90 Å². The fraction of sp³-hybridized carbons (Fsp3) is 0.955. The van der Waals surface area contributed by atoms with E-state index in [1.165, 1.54) is 0 Å². The molecule has 0 aliphatic heterocycles. The average Bonchev–Trinajstić information content (AvgIpc) is 3.39. The molecule has 20 atom stereocenters. The second kappa shape index (κ2) is 3.15. The Labute approximate surface area is 187 Å². The third-order valence-electron chi connectivity index (χ3n) is 13.9. The van der Waals surface area contributed by atoms with Crippen molar-refractivity contribution < 1.29 is 14.6 Å². The molecule has 12 aliphatic rings. The van der Waals surface area contributed by atoms with E-state index < -0.39 is 5.60 Å². The molecule has 0 aromatic rings. The molecule has 0 unspecified atom stereocenters. The lowest BCUT2D eigenvalue weighted by atomic mass is 9.73. The first kappa shape index (κ1) is 14.8. The van der Waals surface area contributed by atoms with Gasteiger partial charge in [-0.05, 0) is 76.9 Å². The van der Waals surface area contributed by atoms with E-state index in [1.807, 2.05) is 0 Å². The summed E-state index contributed by atoms with van der Waals surface area (Å²) in [6, 6.07) is 0. The number of rotatable bonds is 1. The molecule has 12 aliphatic carbocycles. The van der Waals surface area contributed by atoms with Crippen LogP contribution in [0.5, 0.6) is 0 Å². The van der Waals surface area contributed by atoms with Crippen molar-refractivity contribution in [1.82, 2.24) is 0 Å². The van der Waals surface area contributed by atoms with Gasteiger partial charge >= 0.3 is 5.97 Å². The van der Waals surface area contributed by atoms with Crippen LogP contribution in [-0.4, -0.2) is 35.3 Å². The molecule has 12 fully saturated rings. The van der Waals surface area contributed by atoms with Crippen LogP contribution >= 0.6 is 47.8 Å². The molecular formula is C22H19Br3O3. The number of hydrogen-bond acceptors (Lipinski definition) is 3. The summed E-state index contributed by atoms with van der Waals surface area (Å²) < 4.78 is 6.66. The summed E-state index contributed by atoms with van der Waals surface area (Å²) in [5.41, 5.74) is -0.811. The predicted octanol–water partition coefficient (Wildman–Crippen LogP) is 2.81. The molecular weight excluding hydrogens is 552 g/mol. The van der Waals surface area contributed by atoms with E-state index in [2.05, 4.69) is 47.8 Å². The maximum atomic E-state index is 12.6. The monoisotopic (exact) mass is 568 g/mol. The van der Waals surface area contributed by atoms with Gasteiger partial charge in [-0.25, -0.2) is 0 Å². The van der Waals surface area contributed by atoms with Gasteiger partial charge < -0.3 is 9.84 Å². The molecule has 6 heteroatoms. The van der Waals surface area contributed by atoms with Crippen molar-refractivity contribution in [2.24, 2.45) is 88.8 Å². The minimum Gasteiger partial charge on any atom is -0.457 e. The summed E-state index contributed by atoms with van der Waals surface area (Å²) in [4.78, 5) is 12.6. The maximum absolute atomic E-state index is 12.6. The topological polar surface area (TPSA) is 46.5 Å². The standard InChI is InChI=1S/C22H19Br3O3/c1-2(26)28-22-12-4-3-9-5-7-13-15-14-8(6(12)11(3)21(14,27)19(9,13)24)17(22)18(15,23)16(7)20(22,25)10(4)5/h3-17,27H,1H3/t3-,4+,5+,6-,7-,8+,9-,10+,11+,12-,13-,14+,15+,16+,17-,18+,19+,20-,21-,22+/m0/s1. The Hall–Kier alpha value is 0.870. The molecule has 12 rings (SSSR count). The molecule has 0 bridgehead atoms. The largest absolute Gasteiger partial charge is 0.457 e. The first-order valence-corrected chi connectivity index (χ1v) is 13.6. The highest BCUT2D eigenvalue weighted by molar-refractivity contribution is 9.11. The van der Waals surface area contributed by atoms with Crippen LogP contribution < -0.4 is 0 Å². The summed E-state index contributed by atoms with van der Waals surface area (Å²) in [6.45, 7) is 1.64. The Kier molecular flexibility index (Phi) is 1.67. The second-order valence-corrected chi connectivity index (χ2v) is 16.7. The van der Waals surface area contributed by atoms with Crippen LogP contribution in [0.15, 0.2) is 0 Å². The Bertz CT molecular complexity index is 1070. The van der Waals surface area contributed by atoms with E-state index in [0.29, 0.717) is 82.9 Å². The number of hydrogen-bond donors (Lipinski definition) is 1. The molecule has 0 aromatic carbocycles. The van der Waals surface area contributed by atoms with Crippen molar-refractivity contribution in [3.8, 4) is 0 Å². The number of halogens is 3. The Morgan fingerprint density at radius 1 is 0.750 bits per heavy atom. The van der Waals surface area contributed by atoms with Crippen LogP contribution in [0.3, 0.4) is 0 Å². The van der Waals surface area contributed by atoms with Crippen molar-refractivity contribution in [2.75, 3.05) is 0 Å². The molecule has 12 saturated carbocycles. The van der Waals surface area contributed by atoms with Crippen LogP contribution in [-0.2, 0) is 9.53 Å². The van der Waals surface area contributed by atoms with Gasteiger partial charge in [-0.2, -0.15) is 0 Å². The van der Waals surface area contributed by atoms with Crippen LogP contribution in [0, 0.1) is 88.8 Å². The van der Waals surface area contributed by atoms with Crippen LogP contribution in [0.2, 0.25) is 0 Å². The number of carbonyl (C=O) groups excluding carboxylic acids is 1. The number of ether oxygens (including phenoxy) is 1. The zero-order chi connectivity index (χ0) is 18.4. The maximum Gasteiger partial charge on any atom is 0.303 e. The zero-order valence-electron chi connectivity index (χ0n) is 15.1. The van der Waals surface area contributed by atoms with Gasteiger partial charge in [0, 0.05) is 23.1 Å². The molecule has 146 valence electrons. The summed E-state index contributed by atoms with van der Waals surface area (Å²) in [5, 5.41) is 12.6. The molecule has 0 amide bonds. The Morgan fingerprint density at radius 3 is 2.11 bits per heavy atom. The summed E-state index contributed by atoms with van der Waals surface area (Å²) in [7, 11) is 0. The van der Waals surface area contributed by atoms with Crippen molar-refractivity contribution in [3.05, 3.63) is 0 Å². The zero-order valence-corrected chi connectivity index (χ0v) is 19.8. The average molecular weight is 571 g/mol. The van der Waals surface area contributed by atoms with E-state index in [0.717, 1.165) is 5.92 Å². The van der Waals surface area contributed by atoms with Gasteiger partial charge in [-0.3, -0.25) is 4.79 Å². The minimum atomic E-state index is -0.497. The molecule has 0 radical (unpaired) electrons. The highest BCUT2D eigenvalue weighted by atomic mass is 79.9. The lowest BCUT2D eigenvalue weighted by molar-refractivity contribution is -0.168. The Morgan fingerprint density at radius 2 is 1.36 bits per heavy atom. The molecule has 3 nitrogen and oxygen atoms in total. The minimum absolute atomic E-state index is 0.0171. The van der Waals surface area contributed by atoms with Gasteiger partial charge in [0.15, 0.2) is 0 Å². The lowest BCUT2D eigenvalue weighted by Gasteiger charge is -2.47. The number of aliphatic hydroxyl groups is 1. The number of carbonyl (C=O) groups is 1. The van der Waals surface area contributed by atoms with Crippen molar-refractivity contribution in [2.45, 2.75) is 31.1 Å². The van der Waals surface area contributed by atoms with Crippen molar-refractivity contribution in [3.63, 3.8) is 0 Å². The van der Waals surface area contributed by atoms with Gasteiger partial charge in [0.1, 0.15) is 5.60 Å². The van der Waals surface area contributed by atoms with Gasteiger partial charge in [-0.1, -0.05) is 47.8 Å². The SMILES string of the molecule is CC(=O)O[C@@]12[C@H]3[C@@H]4[C@@H]5[C@@H]6[C@@H]3[C@@H]3[C@@H]7[C@H]8[C@@H]9[C@@H]%10[C@H]([C@H]5[C@]9(Br)[C@]67O)[C@@H]4[C@]1(Br)[C@H]%10[C@@]8(Br)[C@H]32. The summed E-state index contributed by atoms with van der Waals surface area (Å²) in [6.07, 6.45) is 0. The van der Waals surface area contributed by atoms with E-state index >= 15 is 0 Å². The summed E-state index contributed by atoms with van der Waals surface area (Å²) >= 11 is 13.3. The number of alkyl halides is 3. The third-order valence-corrected chi connectivity index (χ3v) is 18.7. The molecule has 0 aromatic heterocycles. The van der Waals surface area contributed by atoms with E-state index in [1.54, 1.807) is 6.92 Å². The highest BCUT2D eigenvalue weighted by Gasteiger charge is 3.12. The first-order valence-electron chi connectivity index (χ1n) is 11.2. The fourth-order valence-electron chi connectivity index (χ4n) is 15.6. The number of esters is 1. The van der Waals surface area contributed by atoms with Gasteiger partial charge in [0.05, 0.1) is 14.2 Å². The molecule has 0 heterocycles. The van der Waals surface area contributed by atoms with Crippen molar-refractivity contribution in [1.29, 1.82) is 0 Å². The van der Waals surface area contributed by atoms with Crippen molar-refractivity contribution >= 4 is 53.8 Å². The predicted molar refractivity (Wildman–Crippen MR) is 107 cm³/mol. The molecule has 0 saturated heterocycles. The van der Waals surface area contributed by atoms with E-state index in [-0.39, 0.29) is 24.5 Å². The molecule has 1 N–H and O–H groups in total. The quantitative estimate of drug-likeness (QED) is 0.390. The van der Waals surface area contributed by atoms with Crippen LogP contribution in [0.1, 0.15) is 6.92 Å². The fourth-order valence-corrected chi connectivity index (χ4v) is 21.4. The summed E-state index contributed by atoms with van der Waals surface area (Å²) in [5.74, 6) is 8.66. The Balaban J connectivity index is 1.41. The molecule has 28 heavy (non-hydrogen) atoms. The lowest BCUT2D eigenvalue weighted by Crippen LogP contribution is -2.58. The smallest absolute Gasteiger partial charge is 0.303 e. The van der Waals surface area contributed by atoms with Gasteiger partial charge in [-0.15, -0.1) is 0 Å². The van der Waals surface area contributed by atoms with Crippen LogP contribution in [0.25, 0.3) is 0 Å². The molecule has 0 spiro atoms. The third kappa shape index (κ3) is 0.722. The normalized spacial score (nSPS) is 93.7. The van der Waals surface area contributed by atoms with Crippen LogP contribution in [0.4, 0.5) is 0 Å². The second-order valence-electron chi connectivity index (χ2n) is 12.7. The van der Waals surface area contributed by atoms with Gasteiger partial charge in [0.2, 0.25) is 0 Å². The van der Waals surface area contributed by atoms with Gasteiger partial charge in [0.25, 0.3) is 0 Å².